The van der Waals surface area contributed by atoms with E-state index >= 15 is 0 Å². The highest BCUT2D eigenvalue weighted by Crippen LogP contribution is 2.51. The average Bonchev–Trinajstić information content (AvgIpc) is 2.53. The predicted molar refractivity (Wildman–Crippen MR) is 82.4 cm³/mol. The Labute approximate surface area is 138 Å². The van der Waals surface area contributed by atoms with E-state index in [-0.39, 0.29) is 23.8 Å². The van der Waals surface area contributed by atoms with Crippen molar-refractivity contribution in [1.82, 2.24) is 10.2 Å². The van der Waals surface area contributed by atoms with Crippen molar-refractivity contribution < 1.29 is 19.1 Å². The molecule has 0 aromatic heterocycles. The van der Waals surface area contributed by atoms with Gasteiger partial charge in [-0.25, -0.2) is 4.79 Å². The van der Waals surface area contributed by atoms with E-state index in [9.17, 15) is 9.59 Å². The smallest absolute Gasteiger partial charge is 0.409 e. The van der Waals surface area contributed by atoms with E-state index in [4.69, 9.17) is 21.1 Å². The molecule has 3 unspecified atom stereocenters. The molecule has 2 bridgehead atoms. The Bertz CT molecular complexity index is 695. The Morgan fingerprint density at radius 1 is 1.52 bits per heavy atom. The van der Waals surface area contributed by atoms with E-state index in [2.05, 4.69) is 5.32 Å². The molecule has 3 aliphatic rings. The molecule has 3 atom stereocenters. The van der Waals surface area contributed by atoms with Gasteiger partial charge in [-0.15, -0.1) is 0 Å². The van der Waals surface area contributed by atoms with Crippen LogP contribution in [0.4, 0.5) is 4.79 Å². The number of nitrogens with one attached hydrogen (secondary N) is 1. The molecule has 0 saturated carbocycles. The van der Waals surface area contributed by atoms with Gasteiger partial charge in [-0.1, -0.05) is 11.6 Å². The minimum Gasteiger partial charge on any atom is -0.467 e. The lowest BCUT2D eigenvalue weighted by Crippen LogP contribution is -2.70. The van der Waals surface area contributed by atoms with E-state index < -0.39 is 5.72 Å². The van der Waals surface area contributed by atoms with Crippen molar-refractivity contribution in [1.29, 1.82) is 0 Å². The summed E-state index contributed by atoms with van der Waals surface area (Å²) in [7, 11) is 1.38. The van der Waals surface area contributed by atoms with Gasteiger partial charge in [0.05, 0.1) is 7.11 Å². The summed E-state index contributed by atoms with van der Waals surface area (Å²) in [5.74, 6) is 0.711. The third-order valence-corrected chi connectivity index (χ3v) is 5.34. The number of carbonyl (C=O) groups is 2. The predicted octanol–water partition coefficient (Wildman–Crippen LogP) is 2.12. The average molecular weight is 337 g/mol. The number of fused-ring (bicyclic) bond motifs is 2. The van der Waals surface area contributed by atoms with Crippen molar-refractivity contribution in [3.05, 3.63) is 28.8 Å². The molecule has 1 N–H and O–H groups in total. The van der Waals surface area contributed by atoms with Crippen LogP contribution in [0.1, 0.15) is 24.3 Å². The highest BCUT2D eigenvalue weighted by Gasteiger charge is 2.57. The summed E-state index contributed by atoms with van der Waals surface area (Å²) in [5, 5.41) is 3.64. The van der Waals surface area contributed by atoms with Crippen LogP contribution in [0.2, 0.25) is 5.02 Å². The molecule has 2 fully saturated rings. The van der Waals surface area contributed by atoms with Crippen LogP contribution in [-0.4, -0.2) is 42.8 Å². The SMILES string of the molecule is COC(=O)N1CCC23NC(=O)CC(c4cc(Cl)ccc4O2)C3C1. The van der Waals surface area contributed by atoms with Gasteiger partial charge >= 0.3 is 6.09 Å². The van der Waals surface area contributed by atoms with Crippen molar-refractivity contribution in [2.24, 2.45) is 5.92 Å². The lowest BCUT2D eigenvalue weighted by atomic mass is 9.69. The quantitative estimate of drug-likeness (QED) is 0.788. The maximum absolute atomic E-state index is 12.2. The largest absolute Gasteiger partial charge is 0.467 e. The Kier molecular flexibility index (Phi) is 3.20. The zero-order valence-electron chi connectivity index (χ0n) is 12.7. The topological polar surface area (TPSA) is 67.9 Å². The van der Waals surface area contributed by atoms with Gasteiger partial charge in [0.25, 0.3) is 0 Å². The Morgan fingerprint density at radius 3 is 3.13 bits per heavy atom. The first-order valence-corrected chi connectivity index (χ1v) is 8.02. The number of hydrogen-bond acceptors (Lipinski definition) is 4. The molecule has 23 heavy (non-hydrogen) atoms. The number of benzene rings is 1. The first-order chi connectivity index (χ1) is 11.0. The number of piperidine rings is 2. The second-order valence-electron chi connectivity index (χ2n) is 6.31. The van der Waals surface area contributed by atoms with Gasteiger partial charge in [-0.05, 0) is 23.8 Å². The number of likely N-dealkylation sites (tertiary alicyclic amines) is 1. The first kappa shape index (κ1) is 14.6. The summed E-state index contributed by atoms with van der Waals surface area (Å²) in [6.45, 7) is 0.975. The minimum absolute atomic E-state index is 0.0148. The van der Waals surface area contributed by atoms with Crippen LogP contribution in [0.25, 0.3) is 0 Å². The van der Waals surface area contributed by atoms with Gasteiger partial charge in [0.2, 0.25) is 5.91 Å². The van der Waals surface area contributed by atoms with Gasteiger partial charge in [0, 0.05) is 42.8 Å². The van der Waals surface area contributed by atoms with Gasteiger partial charge in [-0.3, -0.25) is 4.79 Å². The number of methoxy groups -OCH3 is 1. The third-order valence-electron chi connectivity index (χ3n) is 5.11. The zero-order chi connectivity index (χ0) is 16.2. The van der Waals surface area contributed by atoms with Crippen molar-refractivity contribution in [3.63, 3.8) is 0 Å². The Morgan fingerprint density at radius 2 is 2.35 bits per heavy atom. The monoisotopic (exact) mass is 336 g/mol. The molecule has 0 aliphatic carbocycles. The van der Waals surface area contributed by atoms with Gasteiger partial charge in [-0.2, -0.15) is 0 Å². The molecule has 7 heteroatoms. The second kappa shape index (κ2) is 5.03. The Balaban J connectivity index is 1.76. The van der Waals surface area contributed by atoms with E-state index in [1.54, 1.807) is 11.0 Å². The molecule has 1 aromatic carbocycles. The summed E-state index contributed by atoms with van der Waals surface area (Å²) in [6, 6.07) is 5.51. The van der Waals surface area contributed by atoms with Crippen molar-refractivity contribution in [3.8, 4) is 5.75 Å². The number of nitrogens with zero attached hydrogens (tertiary/aromatic N) is 1. The molecule has 2 amide bonds. The lowest BCUT2D eigenvalue weighted by molar-refractivity contribution is -0.151. The van der Waals surface area contributed by atoms with E-state index in [0.717, 1.165) is 11.3 Å². The number of halogens is 1. The van der Waals surface area contributed by atoms with E-state index in [0.29, 0.717) is 31.0 Å². The first-order valence-electron chi connectivity index (χ1n) is 7.65. The van der Waals surface area contributed by atoms with Crippen LogP contribution in [-0.2, 0) is 9.53 Å². The fourth-order valence-corrected chi connectivity index (χ4v) is 4.25. The summed E-state index contributed by atoms with van der Waals surface area (Å²) >= 11 is 6.12. The number of ether oxygens (including phenoxy) is 2. The van der Waals surface area contributed by atoms with Gasteiger partial charge in [0.15, 0.2) is 5.72 Å². The maximum atomic E-state index is 12.2. The normalized spacial score (nSPS) is 31.4. The highest BCUT2D eigenvalue weighted by molar-refractivity contribution is 6.30. The number of amides is 2. The fraction of sp³-hybridized carbons (Fsp3) is 0.500. The molecule has 4 rings (SSSR count). The van der Waals surface area contributed by atoms with E-state index in [1.807, 2.05) is 12.1 Å². The third kappa shape index (κ3) is 2.16. The molecule has 1 aromatic rings. The van der Waals surface area contributed by atoms with Gasteiger partial charge in [0.1, 0.15) is 5.75 Å². The van der Waals surface area contributed by atoms with Crippen molar-refractivity contribution in [2.75, 3.05) is 20.2 Å². The van der Waals surface area contributed by atoms with Crippen LogP contribution in [0, 0.1) is 5.92 Å². The van der Waals surface area contributed by atoms with Crippen molar-refractivity contribution >= 4 is 23.6 Å². The summed E-state index contributed by atoms with van der Waals surface area (Å²) in [4.78, 5) is 25.7. The molecule has 6 nitrogen and oxygen atoms in total. The standard InChI is InChI=1S/C16H17ClN2O4/c1-22-15(21)19-5-4-16-12(8-19)10(7-14(20)18-16)11-6-9(17)2-3-13(11)23-16/h2-3,6,10,12H,4-5,7-8H2,1H3,(H,18,20). The van der Waals surface area contributed by atoms with Crippen LogP contribution >= 0.6 is 11.6 Å². The molecular formula is C16H17ClN2O4. The molecule has 0 radical (unpaired) electrons. The molecule has 0 spiro atoms. The highest BCUT2D eigenvalue weighted by atomic mass is 35.5. The fourth-order valence-electron chi connectivity index (χ4n) is 4.07. The molecule has 2 saturated heterocycles. The number of carbonyl (C=O) groups excluding carboxylic acids is 2. The molecule has 122 valence electrons. The molecular weight excluding hydrogens is 320 g/mol. The number of rotatable bonds is 0. The zero-order valence-corrected chi connectivity index (χ0v) is 13.4. The van der Waals surface area contributed by atoms with Crippen LogP contribution in [0.3, 0.4) is 0 Å². The van der Waals surface area contributed by atoms with E-state index in [1.165, 1.54) is 7.11 Å². The minimum atomic E-state index is -0.745. The maximum Gasteiger partial charge on any atom is 0.409 e. The molecule has 3 aliphatic heterocycles. The summed E-state index contributed by atoms with van der Waals surface area (Å²) in [5.41, 5.74) is 0.199. The lowest BCUT2D eigenvalue weighted by Gasteiger charge is -2.55. The van der Waals surface area contributed by atoms with Crippen LogP contribution in [0.15, 0.2) is 18.2 Å². The summed E-state index contributed by atoms with van der Waals surface area (Å²) in [6.07, 6.45) is 0.566. The second-order valence-corrected chi connectivity index (χ2v) is 6.74. The van der Waals surface area contributed by atoms with Crippen LogP contribution in [0.5, 0.6) is 5.75 Å². The Hall–Kier alpha value is -1.95. The van der Waals surface area contributed by atoms with Gasteiger partial charge < -0.3 is 19.7 Å². The number of hydrogen-bond donors (Lipinski definition) is 1. The van der Waals surface area contributed by atoms with Crippen molar-refractivity contribution in [2.45, 2.75) is 24.5 Å². The molecule has 3 heterocycles. The van der Waals surface area contributed by atoms with Crippen LogP contribution < -0.4 is 10.1 Å². The summed E-state index contributed by atoms with van der Waals surface area (Å²) < 4.78 is 11.0.